The summed E-state index contributed by atoms with van der Waals surface area (Å²) in [5.41, 5.74) is 4.91. The molecule has 3 aromatic carbocycles. The zero-order valence-electron chi connectivity index (χ0n) is 42.2. The molecule has 7 heterocycles. The molecule has 4 aromatic rings. The summed E-state index contributed by atoms with van der Waals surface area (Å²) in [4.78, 5) is 78.2. The topological polar surface area (TPSA) is 153 Å². The van der Waals surface area contributed by atoms with Gasteiger partial charge in [-0.05, 0) is 116 Å². The summed E-state index contributed by atoms with van der Waals surface area (Å²) in [6.45, 7) is 12.8. The lowest BCUT2D eigenvalue weighted by molar-refractivity contribution is -0.137. The highest BCUT2D eigenvalue weighted by Crippen LogP contribution is 2.64. The Morgan fingerprint density at radius 2 is 1.84 bits per heavy atom. The number of carbonyl (C=O) groups excluding carboxylic acids is 5. The van der Waals surface area contributed by atoms with Crippen LogP contribution in [0.4, 0.5) is 15.8 Å². The van der Waals surface area contributed by atoms with Crippen LogP contribution in [-0.2, 0) is 26.3 Å². The summed E-state index contributed by atoms with van der Waals surface area (Å²) in [7, 11) is 0. The summed E-state index contributed by atoms with van der Waals surface area (Å²) in [6.07, 6.45) is 7.84. The van der Waals surface area contributed by atoms with Crippen LogP contribution in [0.15, 0.2) is 66.9 Å². The van der Waals surface area contributed by atoms with Crippen molar-refractivity contribution in [1.82, 2.24) is 25.4 Å². The maximum absolute atomic E-state index is 16.9. The van der Waals surface area contributed by atoms with E-state index in [1.54, 1.807) is 47.4 Å². The maximum Gasteiger partial charge on any atom is 0.255 e. The number of ether oxygens (including phenoxy) is 1. The van der Waals surface area contributed by atoms with Gasteiger partial charge in [0.1, 0.15) is 23.7 Å². The first-order valence-corrected chi connectivity index (χ1v) is 26.5. The standard InChI is InChI=1S/C58H63ClFN7O6/c1-33(2)43-26-44-41(27-61-43)58(32-62-44)49(39-16-8-17-42(59)50(39)60)51(64-57(58)23-10-22-56(4,5)31-57)55(72)66-28-34(3)73-47-25-37(18-19-45(47)66)53(70)65-24-9-12-35(29-65)11-6-13-36-14-7-15-38-40(36)30-67(54(38)71)46-20-21-48(68)63-52(46)69/h7-8,14-19,25-27,33-35,46,49,51,62,64H,9-12,20-24,28-32H2,1-5H3,(H,63,68,69)/t34-,35+,46-,49-,51+,57-,58+/m0/s1. The Bertz CT molecular complexity index is 3040. The first-order chi connectivity index (χ1) is 35.0. The molecule has 11 rings (SSSR count). The predicted octanol–water partition coefficient (Wildman–Crippen LogP) is 8.62. The summed E-state index contributed by atoms with van der Waals surface area (Å²) in [5.74, 6) is 4.86. The van der Waals surface area contributed by atoms with Crippen LogP contribution in [0.1, 0.15) is 153 Å². The largest absolute Gasteiger partial charge is 0.487 e. The Morgan fingerprint density at radius 1 is 1.01 bits per heavy atom. The monoisotopic (exact) mass is 1010 g/mol. The highest BCUT2D eigenvalue weighted by Gasteiger charge is 2.70. The molecule has 3 N–H and O–H groups in total. The number of fused-ring (bicyclic) bond motifs is 5. The maximum atomic E-state index is 16.9. The average Bonchev–Trinajstić information content (AvgIpc) is 4.00. The quantitative estimate of drug-likeness (QED) is 0.127. The van der Waals surface area contributed by atoms with Gasteiger partial charge in [0.05, 0.1) is 23.3 Å². The van der Waals surface area contributed by atoms with Gasteiger partial charge >= 0.3 is 0 Å². The molecule has 2 spiro atoms. The number of imide groups is 1. The molecule has 15 heteroatoms. The van der Waals surface area contributed by atoms with Crippen LogP contribution < -0.4 is 25.6 Å². The van der Waals surface area contributed by atoms with Crippen LogP contribution in [0.5, 0.6) is 5.75 Å². The van der Waals surface area contributed by atoms with Gasteiger partial charge in [-0.25, -0.2) is 4.39 Å². The third kappa shape index (κ3) is 8.35. The van der Waals surface area contributed by atoms with Gasteiger partial charge in [-0.3, -0.25) is 39.6 Å². The lowest BCUT2D eigenvalue weighted by atomic mass is 9.53. The average molecular weight is 1010 g/mol. The fourth-order valence-corrected chi connectivity index (χ4v) is 13.9. The van der Waals surface area contributed by atoms with Crippen molar-refractivity contribution < 1.29 is 33.1 Å². The molecule has 0 radical (unpaired) electrons. The molecule has 0 unspecified atom stereocenters. The van der Waals surface area contributed by atoms with Gasteiger partial charge in [0.25, 0.3) is 11.8 Å². The SMILES string of the molecule is CC(C)c1cc2c(cn1)[C@]1(CN2)[C@@H](c2cccc(Cl)c2F)[C@H](C(=O)N2C[C@H](C)Oc3cc(C(=O)N4CCC[C@@H](CC#Cc5cccc6c5CN([C@H]5CCC(=O)NC5=O)C6=O)C4)ccc32)N[C@]12CCCC(C)(C)C2. The van der Waals surface area contributed by atoms with E-state index in [4.69, 9.17) is 21.3 Å². The summed E-state index contributed by atoms with van der Waals surface area (Å²) in [6, 6.07) is 16.5. The Morgan fingerprint density at radius 3 is 2.63 bits per heavy atom. The van der Waals surface area contributed by atoms with E-state index in [1.807, 2.05) is 30.2 Å². The molecule has 13 nitrogen and oxygen atoms in total. The van der Waals surface area contributed by atoms with Crippen LogP contribution in [0.2, 0.25) is 5.02 Å². The fourth-order valence-electron chi connectivity index (χ4n) is 13.7. The van der Waals surface area contributed by atoms with E-state index < -0.39 is 46.8 Å². The van der Waals surface area contributed by atoms with E-state index in [-0.39, 0.29) is 71.8 Å². The number of pyridine rings is 1. The number of benzene rings is 3. The number of nitrogens with zero attached hydrogens (tertiary/aromatic N) is 4. The van der Waals surface area contributed by atoms with Crippen LogP contribution in [0.3, 0.4) is 0 Å². The molecule has 5 amide bonds. The Labute approximate surface area is 431 Å². The third-order valence-corrected chi connectivity index (χ3v) is 17.4. The van der Waals surface area contributed by atoms with Crippen molar-refractivity contribution in [3.63, 3.8) is 0 Å². The Balaban J connectivity index is 0.852. The molecular formula is C58H63ClFN7O6. The highest BCUT2D eigenvalue weighted by molar-refractivity contribution is 6.30. The van der Waals surface area contributed by atoms with Crippen molar-refractivity contribution in [1.29, 1.82) is 0 Å². The summed E-state index contributed by atoms with van der Waals surface area (Å²) in [5, 5.41) is 10.1. The Hall–Kier alpha value is -6.30. The van der Waals surface area contributed by atoms with Crippen LogP contribution in [-0.4, -0.2) is 94.2 Å². The summed E-state index contributed by atoms with van der Waals surface area (Å²) >= 11 is 6.63. The first-order valence-electron chi connectivity index (χ1n) is 26.1. The number of piperidine rings is 2. The van der Waals surface area contributed by atoms with Gasteiger partial charge in [0.2, 0.25) is 17.7 Å². The minimum absolute atomic E-state index is 0.00845. The Kier molecular flexibility index (Phi) is 12.4. The smallest absolute Gasteiger partial charge is 0.255 e. The van der Waals surface area contributed by atoms with Gasteiger partial charge in [-0.15, -0.1) is 0 Å². The van der Waals surface area contributed by atoms with E-state index in [0.29, 0.717) is 54.2 Å². The number of carbonyl (C=O) groups is 5. The molecule has 6 aliphatic heterocycles. The van der Waals surface area contributed by atoms with Gasteiger partial charge < -0.3 is 24.8 Å². The molecule has 7 atom stereocenters. The second-order valence-corrected chi connectivity index (χ2v) is 23.1. The second kappa shape index (κ2) is 18.6. The number of hydrogen-bond acceptors (Lipinski definition) is 9. The molecule has 1 saturated carbocycles. The predicted molar refractivity (Wildman–Crippen MR) is 276 cm³/mol. The normalized spacial score (nSPS) is 28.0. The molecule has 4 fully saturated rings. The van der Waals surface area contributed by atoms with Gasteiger partial charge in [0.15, 0.2) is 0 Å². The lowest BCUT2D eigenvalue weighted by Crippen LogP contribution is -2.61. The first kappa shape index (κ1) is 48.9. The van der Waals surface area contributed by atoms with E-state index in [2.05, 4.69) is 61.6 Å². The van der Waals surface area contributed by atoms with Crippen molar-refractivity contribution in [2.24, 2.45) is 11.3 Å². The number of anilines is 2. The molecule has 0 bridgehead atoms. The number of rotatable bonds is 6. The van der Waals surface area contributed by atoms with Gasteiger partial charge in [-0.1, -0.05) is 75.8 Å². The van der Waals surface area contributed by atoms with Crippen LogP contribution in [0, 0.1) is 29.0 Å². The van der Waals surface area contributed by atoms with Crippen molar-refractivity contribution in [2.75, 3.05) is 36.4 Å². The van der Waals surface area contributed by atoms with Crippen molar-refractivity contribution >= 4 is 52.5 Å². The van der Waals surface area contributed by atoms with Gasteiger partial charge in [0, 0.05) is 95.7 Å². The zero-order valence-corrected chi connectivity index (χ0v) is 43.0. The number of nitrogens with one attached hydrogen (secondary N) is 3. The van der Waals surface area contributed by atoms with Crippen molar-refractivity contribution in [3.05, 3.63) is 117 Å². The minimum Gasteiger partial charge on any atom is -0.487 e. The van der Waals surface area contributed by atoms with Crippen molar-refractivity contribution in [3.8, 4) is 17.6 Å². The number of hydrogen-bond donors (Lipinski definition) is 3. The molecule has 380 valence electrons. The fraction of sp³-hybridized carbons (Fsp3) is 0.483. The van der Waals surface area contributed by atoms with E-state index in [1.165, 1.54) is 4.90 Å². The molecular weight excluding hydrogens is 945 g/mol. The highest BCUT2D eigenvalue weighted by atomic mass is 35.5. The molecule has 1 aromatic heterocycles. The zero-order chi connectivity index (χ0) is 51.1. The minimum atomic E-state index is -0.856. The van der Waals surface area contributed by atoms with Crippen LogP contribution >= 0.6 is 11.6 Å². The molecule has 1 aliphatic carbocycles. The van der Waals surface area contributed by atoms with Crippen molar-refractivity contribution in [2.45, 2.75) is 140 Å². The van der Waals surface area contributed by atoms with E-state index in [0.717, 1.165) is 66.6 Å². The molecule has 73 heavy (non-hydrogen) atoms. The molecule has 7 aliphatic rings. The number of likely N-dealkylation sites (tertiary alicyclic amines) is 1. The van der Waals surface area contributed by atoms with E-state index in [9.17, 15) is 19.2 Å². The number of aromatic nitrogens is 1. The van der Waals surface area contributed by atoms with Crippen LogP contribution in [0.25, 0.3) is 0 Å². The summed E-state index contributed by atoms with van der Waals surface area (Å²) < 4.78 is 23.3. The van der Waals surface area contributed by atoms with E-state index >= 15 is 9.18 Å². The molecule has 3 saturated heterocycles. The number of amides is 5. The number of halogens is 2. The second-order valence-electron chi connectivity index (χ2n) is 22.7. The third-order valence-electron chi connectivity index (χ3n) is 17.1. The van der Waals surface area contributed by atoms with Gasteiger partial charge in [-0.2, -0.15) is 0 Å². The lowest BCUT2D eigenvalue weighted by Gasteiger charge is -2.52.